The van der Waals surface area contributed by atoms with Crippen LogP contribution in [0.15, 0.2) is 18.2 Å². The molecule has 1 saturated carbocycles. The largest absolute Gasteiger partial charge is 0.479 e. The summed E-state index contributed by atoms with van der Waals surface area (Å²) >= 11 is 6.07. The highest BCUT2D eigenvalue weighted by Crippen LogP contribution is 2.33. The summed E-state index contributed by atoms with van der Waals surface area (Å²) in [4.78, 5) is 13.8. The summed E-state index contributed by atoms with van der Waals surface area (Å²) in [5, 5.41) is 10.4. The van der Waals surface area contributed by atoms with E-state index >= 15 is 0 Å². The Morgan fingerprint density at radius 2 is 2.19 bits per heavy atom. The molecule has 4 nitrogen and oxygen atoms in total. The number of hydrogen-bond donors (Lipinski definition) is 1. The van der Waals surface area contributed by atoms with Crippen LogP contribution in [0, 0.1) is 12.8 Å². The molecule has 1 aromatic carbocycles. The summed E-state index contributed by atoms with van der Waals surface area (Å²) in [6.07, 6.45) is 1.02. The molecule has 0 spiro atoms. The molecule has 2 atom stereocenters. The van der Waals surface area contributed by atoms with Crippen LogP contribution in [0.2, 0.25) is 5.02 Å². The maximum atomic E-state index is 12.3. The Kier molecular flexibility index (Phi) is 5.12. The molecule has 1 N–H and O–H groups in total. The average molecular weight is 312 g/mol. The maximum Gasteiger partial charge on any atom is 0.263 e. The van der Waals surface area contributed by atoms with Gasteiger partial charge in [0.1, 0.15) is 5.75 Å². The molecule has 1 fully saturated rings. The molecule has 21 heavy (non-hydrogen) atoms. The van der Waals surface area contributed by atoms with E-state index in [9.17, 15) is 9.90 Å². The molecular weight excluding hydrogens is 290 g/mol. The molecule has 2 rings (SSSR count). The van der Waals surface area contributed by atoms with Gasteiger partial charge in [-0.3, -0.25) is 4.79 Å². The zero-order valence-corrected chi connectivity index (χ0v) is 13.4. The van der Waals surface area contributed by atoms with Crippen molar-refractivity contribution in [1.29, 1.82) is 0 Å². The third kappa shape index (κ3) is 4.35. The highest BCUT2D eigenvalue weighted by molar-refractivity contribution is 6.32. The minimum atomic E-state index is -0.638. The third-order valence-electron chi connectivity index (χ3n) is 3.74. The SMILES string of the molecule is Cc1ccc(Cl)c(OC(C)C(=O)N(C)CC(O)C2CC2)c1. The molecule has 1 aromatic rings. The van der Waals surface area contributed by atoms with Crippen molar-refractivity contribution in [3.8, 4) is 5.75 Å². The van der Waals surface area contributed by atoms with Gasteiger partial charge >= 0.3 is 0 Å². The van der Waals surface area contributed by atoms with Gasteiger partial charge in [-0.2, -0.15) is 0 Å². The molecule has 2 unspecified atom stereocenters. The average Bonchev–Trinajstić information content (AvgIpc) is 3.26. The summed E-state index contributed by atoms with van der Waals surface area (Å²) in [7, 11) is 1.69. The Balaban J connectivity index is 1.93. The van der Waals surface area contributed by atoms with Crippen molar-refractivity contribution in [3.05, 3.63) is 28.8 Å². The molecule has 0 bridgehead atoms. The van der Waals surface area contributed by atoms with Crippen LogP contribution < -0.4 is 4.74 Å². The van der Waals surface area contributed by atoms with Crippen LogP contribution in [-0.4, -0.2) is 41.7 Å². The molecule has 0 saturated heterocycles. The normalized spacial score (nSPS) is 17.2. The second kappa shape index (κ2) is 6.67. The van der Waals surface area contributed by atoms with Crippen LogP contribution in [0.4, 0.5) is 0 Å². The van der Waals surface area contributed by atoms with Gasteiger partial charge in [0.2, 0.25) is 0 Å². The van der Waals surface area contributed by atoms with E-state index in [1.807, 2.05) is 19.1 Å². The van der Waals surface area contributed by atoms with E-state index in [2.05, 4.69) is 0 Å². The Morgan fingerprint density at radius 3 is 2.81 bits per heavy atom. The van der Waals surface area contributed by atoms with E-state index in [1.54, 1.807) is 20.0 Å². The number of carbonyl (C=O) groups is 1. The predicted octanol–water partition coefficient (Wildman–Crippen LogP) is 2.65. The van der Waals surface area contributed by atoms with Gasteiger partial charge in [-0.05, 0) is 50.3 Å². The van der Waals surface area contributed by atoms with Gasteiger partial charge < -0.3 is 14.7 Å². The number of aliphatic hydroxyl groups is 1. The fourth-order valence-corrected chi connectivity index (χ4v) is 2.41. The number of carbonyl (C=O) groups excluding carboxylic acids is 1. The van der Waals surface area contributed by atoms with Gasteiger partial charge in [0, 0.05) is 13.6 Å². The number of likely N-dealkylation sites (N-methyl/N-ethyl adjacent to an activating group) is 1. The Morgan fingerprint density at radius 1 is 1.52 bits per heavy atom. The summed E-state index contributed by atoms with van der Waals surface area (Å²) in [5.74, 6) is 0.698. The van der Waals surface area contributed by atoms with E-state index in [0.29, 0.717) is 23.2 Å². The lowest BCUT2D eigenvalue weighted by molar-refractivity contribution is -0.138. The van der Waals surface area contributed by atoms with Crippen molar-refractivity contribution in [1.82, 2.24) is 4.90 Å². The minimum Gasteiger partial charge on any atom is -0.479 e. The summed E-state index contributed by atoms with van der Waals surface area (Å²) in [6, 6.07) is 5.45. The standard InChI is InChI=1S/C16H22ClNO3/c1-10-4-7-13(17)15(8-10)21-11(2)16(20)18(3)9-14(19)12-5-6-12/h4,7-8,11-12,14,19H,5-6,9H2,1-3H3. The zero-order valence-electron chi connectivity index (χ0n) is 12.7. The maximum absolute atomic E-state index is 12.3. The first-order valence-electron chi connectivity index (χ1n) is 7.24. The second-order valence-electron chi connectivity index (χ2n) is 5.82. The fourth-order valence-electron chi connectivity index (χ4n) is 2.25. The summed E-state index contributed by atoms with van der Waals surface area (Å²) < 4.78 is 5.66. The highest BCUT2D eigenvalue weighted by atomic mass is 35.5. The number of rotatable bonds is 6. The smallest absolute Gasteiger partial charge is 0.263 e. The van der Waals surface area contributed by atoms with Crippen LogP contribution in [0.25, 0.3) is 0 Å². The lowest BCUT2D eigenvalue weighted by Crippen LogP contribution is -2.42. The number of nitrogens with zero attached hydrogens (tertiary/aromatic N) is 1. The first-order chi connectivity index (χ1) is 9.88. The first-order valence-corrected chi connectivity index (χ1v) is 7.62. The van der Waals surface area contributed by atoms with Crippen LogP contribution in [0.3, 0.4) is 0 Å². The second-order valence-corrected chi connectivity index (χ2v) is 6.22. The number of benzene rings is 1. The van der Waals surface area contributed by atoms with Gasteiger partial charge in [-0.1, -0.05) is 17.7 Å². The fraction of sp³-hybridized carbons (Fsp3) is 0.562. The number of halogens is 1. The molecule has 1 aliphatic rings. The predicted molar refractivity (Wildman–Crippen MR) is 82.6 cm³/mol. The molecule has 5 heteroatoms. The van der Waals surface area contributed by atoms with Gasteiger partial charge in [0.25, 0.3) is 5.91 Å². The Hall–Kier alpha value is -1.26. The molecule has 0 heterocycles. The van der Waals surface area contributed by atoms with Gasteiger partial charge in [-0.25, -0.2) is 0 Å². The van der Waals surface area contributed by atoms with Gasteiger partial charge in [0.05, 0.1) is 11.1 Å². The molecule has 116 valence electrons. The molecule has 1 amide bonds. The van der Waals surface area contributed by atoms with Crippen molar-refractivity contribution >= 4 is 17.5 Å². The van der Waals surface area contributed by atoms with Crippen LogP contribution in [0.1, 0.15) is 25.3 Å². The van der Waals surface area contributed by atoms with Gasteiger partial charge in [-0.15, -0.1) is 0 Å². The number of hydrogen-bond acceptors (Lipinski definition) is 3. The van der Waals surface area contributed by atoms with E-state index in [-0.39, 0.29) is 5.91 Å². The summed E-state index contributed by atoms with van der Waals surface area (Å²) in [5.41, 5.74) is 1.02. The third-order valence-corrected chi connectivity index (χ3v) is 4.05. The van der Waals surface area contributed by atoms with Crippen LogP contribution in [0.5, 0.6) is 5.75 Å². The number of ether oxygens (including phenoxy) is 1. The molecule has 0 aromatic heterocycles. The van der Waals surface area contributed by atoms with E-state index in [0.717, 1.165) is 18.4 Å². The van der Waals surface area contributed by atoms with Gasteiger partial charge in [0.15, 0.2) is 6.10 Å². The highest BCUT2D eigenvalue weighted by Gasteiger charge is 2.32. The van der Waals surface area contributed by atoms with Crippen molar-refractivity contribution in [3.63, 3.8) is 0 Å². The van der Waals surface area contributed by atoms with Crippen LogP contribution >= 0.6 is 11.6 Å². The number of aryl methyl sites for hydroxylation is 1. The van der Waals surface area contributed by atoms with Crippen LogP contribution in [-0.2, 0) is 4.79 Å². The molecular formula is C16H22ClNO3. The van der Waals surface area contributed by atoms with E-state index < -0.39 is 12.2 Å². The molecule has 0 radical (unpaired) electrons. The topological polar surface area (TPSA) is 49.8 Å². The Labute approximate surface area is 130 Å². The van der Waals surface area contributed by atoms with E-state index in [4.69, 9.17) is 16.3 Å². The number of amides is 1. The Bertz CT molecular complexity index is 516. The molecule has 0 aliphatic heterocycles. The first kappa shape index (κ1) is 16.1. The van der Waals surface area contributed by atoms with Crippen molar-refractivity contribution in [2.45, 2.75) is 38.9 Å². The summed E-state index contributed by atoms with van der Waals surface area (Å²) in [6.45, 7) is 3.98. The van der Waals surface area contributed by atoms with Crippen molar-refractivity contribution in [2.75, 3.05) is 13.6 Å². The molecule has 1 aliphatic carbocycles. The van der Waals surface area contributed by atoms with Crippen molar-refractivity contribution < 1.29 is 14.6 Å². The lowest BCUT2D eigenvalue weighted by Gasteiger charge is -2.24. The van der Waals surface area contributed by atoms with E-state index in [1.165, 1.54) is 4.90 Å². The van der Waals surface area contributed by atoms with Crippen molar-refractivity contribution in [2.24, 2.45) is 5.92 Å². The monoisotopic (exact) mass is 311 g/mol. The lowest BCUT2D eigenvalue weighted by atomic mass is 10.2. The minimum absolute atomic E-state index is 0.160. The number of aliphatic hydroxyl groups excluding tert-OH is 1. The zero-order chi connectivity index (χ0) is 15.6. The quantitative estimate of drug-likeness (QED) is 0.878.